The van der Waals surface area contributed by atoms with Crippen LogP contribution in [0.1, 0.15) is 5.56 Å². The molecule has 1 aromatic rings. The highest BCUT2D eigenvalue weighted by Gasteiger charge is 2.43. The third kappa shape index (κ3) is 2.82. The molecule has 0 saturated heterocycles. The number of ether oxygens (including phenoxy) is 1. The van der Waals surface area contributed by atoms with E-state index in [4.69, 9.17) is 10.6 Å². The quantitative estimate of drug-likeness (QED) is 0.349. The van der Waals surface area contributed by atoms with Gasteiger partial charge in [-0.25, -0.2) is 5.84 Å². The molecule has 0 aliphatic carbocycles. The minimum Gasteiger partial charge on any atom is -0.485 e. The maximum Gasteiger partial charge on any atom is 0.270 e. The number of nitrogens with zero attached hydrogens (tertiary/aromatic N) is 2. The number of hydrogen-bond donors (Lipinski definition) is 2. The van der Waals surface area contributed by atoms with Crippen LogP contribution in [0.4, 0.5) is 0 Å². The van der Waals surface area contributed by atoms with Gasteiger partial charge in [-0.15, -0.1) is 0 Å². The van der Waals surface area contributed by atoms with E-state index in [1.165, 1.54) is 6.20 Å². The smallest absolute Gasteiger partial charge is 0.270 e. The average Bonchev–Trinajstić information content (AvgIpc) is 2.60. The number of nitrogens with two attached hydrogens (primary N) is 1. The van der Waals surface area contributed by atoms with Crippen LogP contribution >= 0.6 is 0 Å². The monoisotopic (exact) mass is 326 g/mol. The Bertz CT molecular complexity index is 783. The van der Waals surface area contributed by atoms with Crippen LogP contribution in [-0.2, 0) is 25.7 Å². The molecule has 122 valence electrons. The first-order valence-electron chi connectivity index (χ1n) is 7.13. The number of carbonyl (C=O) groups is 3. The Morgan fingerprint density at radius 3 is 2.75 bits per heavy atom. The molecule has 3 amide bonds. The molecular weight excluding hydrogens is 312 g/mol. The zero-order valence-electron chi connectivity index (χ0n) is 12.5. The van der Waals surface area contributed by atoms with E-state index in [1.807, 2.05) is 30.3 Å². The van der Waals surface area contributed by atoms with E-state index in [0.717, 1.165) is 10.5 Å². The van der Waals surface area contributed by atoms with E-state index in [0.29, 0.717) is 0 Å². The van der Waals surface area contributed by atoms with Crippen molar-refractivity contribution in [3.05, 3.63) is 60.0 Å². The first-order chi connectivity index (χ1) is 11.6. The molecule has 0 fully saturated rings. The molecule has 0 bridgehead atoms. The highest BCUT2D eigenvalue weighted by Crippen LogP contribution is 2.22. The number of allylic oxidation sites excluding steroid dienone is 2. The summed E-state index contributed by atoms with van der Waals surface area (Å²) in [5, 5.41) is 0. The van der Waals surface area contributed by atoms with E-state index in [-0.39, 0.29) is 18.2 Å². The molecule has 2 heterocycles. The lowest BCUT2D eigenvalue weighted by Gasteiger charge is -2.30. The fourth-order valence-electron chi connectivity index (χ4n) is 2.34. The summed E-state index contributed by atoms with van der Waals surface area (Å²) in [5.41, 5.74) is 2.73. The molecule has 1 unspecified atom stereocenters. The predicted molar refractivity (Wildman–Crippen MR) is 83.6 cm³/mol. The number of amidine groups is 1. The van der Waals surface area contributed by atoms with Crippen LogP contribution < -0.4 is 11.3 Å². The lowest BCUT2D eigenvalue weighted by Crippen LogP contribution is -2.53. The molecule has 8 heteroatoms. The van der Waals surface area contributed by atoms with Gasteiger partial charge in [-0.2, -0.15) is 4.99 Å². The van der Waals surface area contributed by atoms with Gasteiger partial charge in [-0.1, -0.05) is 30.3 Å². The lowest BCUT2D eigenvalue weighted by atomic mass is 10.0. The van der Waals surface area contributed by atoms with Gasteiger partial charge in [0.15, 0.2) is 17.5 Å². The largest absolute Gasteiger partial charge is 0.485 e. The second kappa shape index (κ2) is 6.47. The van der Waals surface area contributed by atoms with Gasteiger partial charge in [-0.3, -0.25) is 24.7 Å². The Hall–Kier alpha value is -3.26. The number of nitrogens with one attached hydrogen (secondary N) is 1. The summed E-state index contributed by atoms with van der Waals surface area (Å²) < 4.78 is 5.66. The molecule has 2 aliphatic rings. The molecule has 3 N–H and O–H groups in total. The summed E-state index contributed by atoms with van der Waals surface area (Å²) in [6.45, 7) is 0.252. The Kier molecular flexibility index (Phi) is 4.21. The van der Waals surface area contributed by atoms with Crippen molar-refractivity contribution in [2.24, 2.45) is 16.8 Å². The molecule has 0 aromatic heterocycles. The van der Waals surface area contributed by atoms with E-state index < -0.39 is 23.6 Å². The third-order valence-corrected chi connectivity index (χ3v) is 3.52. The third-order valence-electron chi connectivity index (χ3n) is 3.52. The van der Waals surface area contributed by atoms with E-state index in [2.05, 4.69) is 4.99 Å². The number of amides is 3. The molecule has 2 aliphatic heterocycles. The van der Waals surface area contributed by atoms with Crippen LogP contribution in [-0.4, -0.2) is 28.5 Å². The number of benzene rings is 1. The maximum absolute atomic E-state index is 12.4. The highest BCUT2D eigenvalue weighted by atomic mass is 16.5. The van der Waals surface area contributed by atoms with Crippen LogP contribution in [0.3, 0.4) is 0 Å². The van der Waals surface area contributed by atoms with Crippen LogP contribution in [0.5, 0.6) is 0 Å². The van der Waals surface area contributed by atoms with Crippen LogP contribution in [0, 0.1) is 5.92 Å². The molecular formula is C16H14N4O4. The second-order valence-corrected chi connectivity index (χ2v) is 5.07. The standard InChI is InChI=1S/C16H14N4O4/c17-19-15(22)12-14(21)18-13-11(7-4-8-20(13)16(12)23)24-9-10-5-2-1-3-6-10/h1-8,12H,9,17H2,(H,19,22). The van der Waals surface area contributed by atoms with Crippen molar-refractivity contribution < 1.29 is 19.1 Å². The van der Waals surface area contributed by atoms with E-state index in [9.17, 15) is 14.4 Å². The van der Waals surface area contributed by atoms with Crippen molar-refractivity contribution in [2.75, 3.05) is 0 Å². The summed E-state index contributed by atoms with van der Waals surface area (Å²) in [6.07, 6.45) is 4.59. The normalized spacial score (nSPS) is 19.4. The van der Waals surface area contributed by atoms with Crippen LogP contribution in [0.25, 0.3) is 0 Å². The van der Waals surface area contributed by atoms with Gasteiger partial charge in [-0.05, 0) is 17.7 Å². The second-order valence-electron chi connectivity index (χ2n) is 5.07. The Morgan fingerprint density at radius 1 is 1.29 bits per heavy atom. The van der Waals surface area contributed by atoms with Crippen molar-refractivity contribution in [1.82, 2.24) is 10.3 Å². The Labute approximate surface area is 137 Å². The molecule has 0 spiro atoms. The van der Waals surface area contributed by atoms with Gasteiger partial charge in [0.25, 0.3) is 17.7 Å². The number of carbonyl (C=O) groups excluding carboxylic acids is 3. The predicted octanol–water partition coefficient (Wildman–Crippen LogP) is -0.0122. The summed E-state index contributed by atoms with van der Waals surface area (Å²) in [4.78, 5) is 40.9. The van der Waals surface area contributed by atoms with Crippen molar-refractivity contribution in [2.45, 2.75) is 6.61 Å². The van der Waals surface area contributed by atoms with Gasteiger partial charge < -0.3 is 4.74 Å². The number of fused-ring (bicyclic) bond motifs is 1. The number of aliphatic imine (C=N–C) groups is 1. The minimum absolute atomic E-state index is 0.0597. The first kappa shape index (κ1) is 15.6. The number of hydrogen-bond acceptors (Lipinski definition) is 5. The van der Waals surface area contributed by atoms with Gasteiger partial charge in [0.1, 0.15) is 6.61 Å². The molecule has 0 saturated carbocycles. The van der Waals surface area contributed by atoms with Crippen molar-refractivity contribution in [3.8, 4) is 0 Å². The van der Waals surface area contributed by atoms with Gasteiger partial charge in [0.05, 0.1) is 0 Å². The molecule has 0 radical (unpaired) electrons. The van der Waals surface area contributed by atoms with Gasteiger partial charge in [0.2, 0.25) is 0 Å². The fourth-order valence-corrected chi connectivity index (χ4v) is 2.34. The van der Waals surface area contributed by atoms with E-state index in [1.54, 1.807) is 17.6 Å². The van der Waals surface area contributed by atoms with Crippen molar-refractivity contribution in [3.63, 3.8) is 0 Å². The van der Waals surface area contributed by atoms with Gasteiger partial charge in [0, 0.05) is 6.20 Å². The molecule has 24 heavy (non-hydrogen) atoms. The molecule has 3 rings (SSSR count). The fraction of sp³-hybridized carbons (Fsp3) is 0.125. The first-order valence-corrected chi connectivity index (χ1v) is 7.13. The van der Waals surface area contributed by atoms with Crippen LogP contribution in [0.15, 0.2) is 59.4 Å². The number of hydrazine groups is 1. The van der Waals surface area contributed by atoms with Crippen molar-refractivity contribution in [1.29, 1.82) is 0 Å². The Balaban J connectivity index is 1.83. The topological polar surface area (TPSA) is 114 Å². The van der Waals surface area contributed by atoms with Crippen molar-refractivity contribution >= 4 is 23.6 Å². The SMILES string of the molecule is NNC(=O)C1C(=O)N=C2C(OCc3ccccc3)=CC=CN2C1=O. The zero-order chi connectivity index (χ0) is 17.1. The molecule has 1 aromatic carbocycles. The minimum atomic E-state index is -1.59. The van der Waals surface area contributed by atoms with Gasteiger partial charge >= 0.3 is 0 Å². The molecule has 8 nitrogen and oxygen atoms in total. The Morgan fingerprint density at radius 2 is 2.04 bits per heavy atom. The maximum atomic E-state index is 12.4. The number of rotatable bonds is 4. The highest BCUT2D eigenvalue weighted by molar-refractivity contribution is 6.28. The summed E-state index contributed by atoms with van der Waals surface area (Å²) >= 11 is 0. The summed E-state index contributed by atoms with van der Waals surface area (Å²) in [6, 6.07) is 9.41. The average molecular weight is 326 g/mol. The summed E-state index contributed by atoms with van der Waals surface area (Å²) in [7, 11) is 0. The zero-order valence-corrected chi connectivity index (χ0v) is 12.5. The summed E-state index contributed by atoms with van der Waals surface area (Å²) in [5.74, 6) is 1.26. The molecule has 1 atom stereocenters. The van der Waals surface area contributed by atoms with Crippen LogP contribution in [0.2, 0.25) is 0 Å². The lowest BCUT2D eigenvalue weighted by molar-refractivity contribution is -0.144. The van der Waals surface area contributed by atoms with E-state index >= 15 is 0 Å².